The average molecular weight is 487 g/mol. The van der Waals surface area contributed by atoms with E-state index < -0.39 is 11.8 Å². The van der Waals surface area contributed by atoms with Crippen LogP contribution < -0.4 is 10.6 Å². The standard InChI is InChI=1S/C25H24Cl2N2O4/c1-16-4-6-17(7-5-16)24(30)29-22(25(31)28-12-3-13-32-2)15-19-9-11-23(33-19)18-8-10-20(26)21(27)14-18/h4-11,14-15H,3,12-13H2,1-2H3,(H,28,31)(H,29,30). The summed E-state index contributed by atoms with van der Waals surface area (Å²) in [6.07, 6.45) is 2.13. The zero-order valence-corrected chi connectivity index (χ0v) is 19.8. The molecule has 0 bridgehead atoms. The summed E-state index contributed by atoms with van der Waals surface area (Å²) in [6, 6.07) is 15.7. The van der Waals surface area contributed by atoms with Crippen molar-refractivity contribution in [3.05, 3.63) is 87.2 Å². The summed E-state index contributed by atoms with van der Waals surface area (Å²) in [4.78, 5) is 25.5. The number of hydrogen-bond acceptors (Lipinski definition) is 4. The second-order valence-corrected chi connectivity index (χ2v) is 8.13. The number of nitrogens with one attached hydrogen (secondary N) is 2. The number of aryl methyl sites for hydroxylation is 1. The quantitative estimate of drug-likeness (QED) is 0.309. The third-order valence-corrected chi connectivity index (χ3v) is 5.47. The lowest BCUT2D eigenvalue weighted by Gasteiger charge is -2.11. The van der Waals surface area contributed by atoms with Gasteiger partial charge in [-0.2, -0.15) is 0 Å². The van der Waals surface area contributed by atoms with Gasteiger partial charge in [0.05, 0.1) is 10.0 Å². The van der Waals surface area contributed by atoms with Gasteiger partial charge in [-0.1, -0.05) is 40.9 Å². The number of carbonyl (C=O) groups is 2. The molecule has 0 aliphatic rings. The minimum absolute atomic E-state index is 0.0630. The van der Waals surface area contributed by atoms with Crippen LogP contribution in [0.25, 0.3) is 17.4 Å². The smallest absolute Gasteiger partial charge is 0.267 e. The Balaban J connectivity index is 1.83. The minimum atomic E-state index is -0.431. The van der Waals surface area contributed by atoms with Crippen LogP contribution in [0, 0.1) is 6.92 Å². The number of rotatable bonds is 9. The van der Waals surface area contributed by atoms with Gasteiger partial charge in [-0.15, -0.1) is 0 Å². The molecular formula is C25H24Cl2N2O4. The van der Waals surface area contributed by atoms with Crippen LogP contribution in [-0.2, 0) is 9.53 Å². The highest BCUT2D eigenvalue weighted by molar-refractivity contribution is 6.42. The fraction of sp³-hybridized carbons (Fsp3) is 0.200. The van der Waals surface area contributed by atoms with Crippen LogP contribution in [0.5, 0.6) is 0 Å². The van der Waals surface area contributed by atoms with E-state index in [1.165, 1.54) is 6.08 Å². The van der Waals surface area contributed by atoms with Gasteiger partial charge in [0.1, 0.15) is 17.2 Å². The minimum Gasteiger partial charge on any atom is -0.457 e. The van der Waals surface area contributed by atoms with Crippen molar-refractivity contribution < 1.29 is 18.7 Å². The molecule has 0 spiro atoms. The van der Waals surface area contributed by atoms with Crippen LogP contribution >= 0.6 is 23.2 Å². The normalized spacial score (nSPS) is 11.3. The second-order valence-electron chi connectivity index (χ2n) is 7.31. The number of carbonyl (C=O) groups excluding carboxylic acids is 2. The van der Waals surface area contributed by atoms with E-state index in [0.29, 0.717) is 46.7 Å². The predicted molar refractivity (Wildman–Crippen MR) is 130 cm³/mol. The number of ether oxygens (including phenoxy) is 1. The molecule has 3 rings (SSSR count). The summed E-state index contributed by atoms with van der Waals surface area (Å²) in [7, 11) is 1.59. The molecule has 0 fully saturated rings. The van der Waals surface area contributed by atoms with E-state index in [0.717, 1.165) is 11.1 Å². The maximum Gasteiger partial charge on any atom is 0.267 e. The number of hydrogen-bond donors (Lipinski definition) is 2. The highest BCUT2D eigenvalue weighted by Crippen LogP contribution is 2.30. The Bertz CT molecular complexity index is 1150. The lowest BCUT2D eigenvalue weighted by molar-refractivity contribution is -0.117. The van der Waals surface area contributed by atoms with Crippen molar-refractivity contribution in [2.24, 2.45) is 0 Å². The zero-order valence-electron chi connectivity index (χ0n) is 18.3. The summed E-state index contributed by atoms with van der Waals surface area (Å²) in [5, 5.41) is 6.32. The molecule has 6 nitrogen and oxygen atoms in total. The number of benzene rings is 2. The molecule has 0 aliphatic heterocycles. The summed E-state index contributed by atoms with van der Waals surface area (Å²) in [5.41, 5.74) is 2.27. The Kier molecular flexibility index (Phi) is 8.72. The number of amides is 2. The van der Waals surface area contributed by atoms with Gasteiger partial charge in [0.25, 0.3) is 11.8 Å². The summed E-state index contributed by atoms with van der Waals surface area (Å²) in [6.45, 7) is 2.85. The number of furan rings is 1. The first-order valence-electron chi connectivity index (χ1n) is 10.3. The van der Waals surface area contributed by atoms with Crippen LogP contribution in [0.1, 0.15) is 28.1 Å². The first kappa shape index (κ1) is 24.6. The SMILES string of the molecule is COCCCNC(=O)C(=Cc1ccc(-c2ccc(Cl)c(Cl)c2)o1)NC(=O)c1ccc(C)cc1. The molecule has 33 heavy (non-hydrogen) atoms. The van der Waals surface area contributed by atoms with Gasteiger partial charge in [0.15, 0.2) is 0 Å². The molecule has 2 aromatic carbocycles. The van der Waals surface area contributed by atoms with Crippen molar-refractivity contribution in [2.75, 3.05) is 20.3 Å². The Morgan fingerprint density at radius 2 is 1.79 bits per heavy atom. The van der Waals surface area contributed by atoms with Gasteiger partial charge in [-0.3, -0.25) is 9.59 Å². The first-order valence-corrected chi connectivity index (χ1v) is 11.0. The molecule has 0 saturated heterocycles. The lowest BCUT2D eigenvalue weighted by Crippen LogP contribution is -2.35. The van der Waals surface area contributed by atoms with Crippen molar-refractivity contribution >= 4 is 41.1 Å². The Morgan fingerprint density at radius 1 is 1.03 bits per heavy atom. The van der Waals surface area contributed by atoms with E-state index >= 15 is 0 Å². The van der Waals surface area contributed by atoms with Gasteiger partial charge in [0.2, 0.25) is 0 Å². The topological polar surface area (TPSA) is 80.6 Å². The van der Waals surface area contributed by atoms with E-state index in [1.807, 2.05) is 19.1 Å². The molecule has 0 unspecified atom stereocenters. The molecular weight excluding hydrogens is 463 g/mol. The lowest BCUT2D eigenvalue weighted by atomic mass is 10.1. The maximum atomic E-state index is 12.8. The molecule has 1 heterocycles. The van der Waals surface area contributed by atoms with Gasteiger partial charge in [0, 0.05) is 37.5 Å². The van der Waals surface area contributed by atoms with Crippen LogP contribution in [0.3, 0.4) is 0 Å². The second kappa shape index (κ2) is 11.7. The summed E-state index contributed by atoms with van der Waals surface area (Å²) < 4.78 is 10.9. The van der Waals surface area contributed by atoms with Gasteiger partial charge < -0.3 is 19.8 Å². The van der Waals surface area contributed by atoms with E-state index in [4.69, 9.17) is 32.4 Å². The predicted octanol–water partition coefficient (Wildman–Crippen LogP) is 5.49. The maximum absolute atomic E-state index is 12.8. The molecule has 0 aliphatic carbocycles. The molecule has 1 aromatic heterocycles. The number of halogens is 2. The number of methoxy groups -OCH3 is 1. The van der Waals surface area contributed by atoms with Crippen LogP contribution in [0.2, 0.25) is 10.0 Å². The van der Waals surface area contributed by atoms with Crippen molar-refractivity contribution in [2.45, 2.75) is 13.3 Å². The third-order valence-electron chi connectivity index (χ3n) is 4.73. The molecule has 8 heteroatoms. The molecule has 0 radical (unpaired) electrons. The van der Waals surface area contributed by atoms with E-state index in [9.17, 15) is 9.59 Å². The van der Waals surface area contributed by atoms with Crippen molar-refractivity contribution in [1.29, 1.82) is 0 Å². The van der Waals surface area contributed by atoms with Crippen molar-refractivity contribution in [3.63, 3.8) is 0 Å². The Hall–Kier alpha value is -3.06. The van der Waals surface area contributed by atoms with Crippen LogP contribution in [0.4, 0.5) is 0 Å². The van der Waals surface area contributed by atoms with Crippen molar-refractivity contribution in [3.8, 4) is 11.3 Å². The van der Waals surface area contributed by atoms with E-state index in [-0.39, 0.29) is 5.70 Å². The fourth-order valence-corrected chi connectivity index (χ4v) is 3.25. The van der Waals surface area contributed by atoms with E-state index in [2.05, 4.69) is 10.6 Å². The van der Waals surface area contributed by atoms with Crippen LogP contribution in [-0.4, -0.2) is 32.1 Å². The summed E-state index contributed by atoms with van der Waals surface area (Å²) >= 11 is 12.1. The Morgan fingerprint density at radius 3 is 2.48 bits per heavy atom. The molecule has 3 aromatic rings. The largest absolute Gasteiger partial charge is 0.457 e. The molecule has 2 amide bonds. The van der Waals surface area contributed by atoms with Crippen molar-refractivity contribution in [1.82, 2.24) is 10.6 Å². The van der Waals surface area contributed by atoms with Gasteiger partial charge >= 0.3 is 0 Å². The highest BCUT2D eigenvalue weighted by atomic mass is 35.5. The monoisotopic (exact) mass is 486 g/mol. The zero-order chi connectivity index (χ0) is 23.8. The molecule has 172 valence electrons. The summed E-state index contributed by atoms with van der Waals surface area (Å²) in [5.74, 6) is 0.107. The van der Waals surface area contributed by atoms with E-state index in [1.54, 1.807) is 49.6 Å². The first-order chi connectivity index (χ1) is 15.9. The molecule has 0 atom stereocenters. The van der Waals surface area contributed by atoms with Gasteiger partial charge in [-0.25, -0.2) is 0 Å². The highest BCUT2D eigenvalue weighted by Gasteiger charge is 2.16. The third kappa shape index (κ3) is 6.96. The average Bonchev–Trinajstić information content (AvgIpc) is 3.27. The fourth-order valence-electron chi connectivity index (χ4n) is 2.95. The molecule has 0 saturated carbocycles. The molecule has 2 N–H and O–H groups in total. The van der Waals surface area contributed by atoms with Gasteiger partial charge in [-0.05, 0) is 55.8 Å². The Labute approximate surface area is 202 Å². The van der Waals surface area contributed by atoms with Crippen LogP contribution in [0.15, 0.2) is 64.7 Å².